The quantitative estimate of drug-likeness (QED) is 0.0470. The van der Waals surface area contributed by atoms with E-state index in [0.717, 1.165) is 264 Å². The lowest BCUT2D eigenvalue weighted by atomic mass is 9.79. The number of nitrogens with two attached hydrogens (primary N) is 1. The summed E-state index contributed by atoms with van der Waals surface area (Å²) in [5.74, 6) is 6.03. The van der Waals surface area contributed by atoms with Gasteiger partial charge in [0.15, 0.2) is 0 Å². The maximum atomic E-state index is 13.0. The van der Waals surface area contributed by atoms with E-state index in [-0.39, 0.29) is 39.0 Å². The first-order valence-corrected chi connectivity index (χ1v) is 42.1. The smallest absolute Gasteiger partial charge is 0.387 e. The molecule has 0 spiro atoms. The van der Waals surface area contributed by atoms with Gasteiger partial charge < -0.3 is 55.1 Å². The highest BCUT2D eigenvalue weighted by molar-refractivity contribution is 5.96. The fraction of sp³-hybridized carbons (Fsp3) is 0.337. The van der Waals surface area contributed by atoms with Crippen LogP contribution in [-0.4, -0.2) is 161 Å². The minimum atomic E-state index is -2.88. The number of primary amides is 1. The molecule has 0 bridgehead atoms. The highest BCUT2D eigenvalue weighted by atomic mass is 19.3. The van der Waals surface area contributed by atoms with Gasteiger partial charge in [-0.2, -0.15) is 8.78 Å². The number of aromatic nitrogens is 14. The molecule has 4 aliphatic heterocycles. The van der Waals surface area contributed by atoms with Crippen molar-refractivity contribution in [2.24, 2.45) is 5.73 Å². The zero-order chi connectivity index (χ0) is 87.0. The van der Waals surface area contributed by atoms with Gasteiger partial charge in [-0.25, -0.2) is 67.4 Å². The van der Waals surface area contributed by atoms with Crippen molar-refractivity contribution >= 4 is 70.0 Å². The normalized spacial score (nSPS) is 16.8. The van der Waals surface area contributed by atoms with Crippen molar-refractivity contribution in [3.8, 4) is 39.5 Å². The fourth-order valence-electron chi connectivity index (χ4n) is 17.7. The van der Waals surface area contributed by atoms with Gasteiger partial charge in [0, 0.05) is 174 Å². The number of ether oxygens (including phenoxy) is 2. The van der Waals surface area contributed by atoms with Crippen LogP contribution < -0.4 is 35.4 Å². The van der Waals surface area contributed by atoms with Crippen LogP contribution in [0.25, 0.3) is 68.7 Å². The van der Waals surface area contributed by atoms with Gasteiger partial charge in [-0.05, 0) is 153 Å². The Bertz CT molecular complexity index is 6060. The number of fused-ring (bicyclic) bond motifs is 3. The number of hydrogen-bond donors (Lipinski definition) is 5. The largest absolute Gasteiger partial charge is 0.435 e. The topological polar surface area (TPSA) is 293 Å². The number of benzene rings is 4. The number of carbonyl (C=O) groups excluding carboxylic acids is 2. The number of amides is 2. The van der Waals surface area contributed by atoms with Gasteiger partial charge >= 0.3 is 6.61 Å². The molecule has 0 radical (unpaired) electrons. The molecule has 0 atom stereocenters. The van der Waals surface area contributed by atoms with Crippen molar-refractivity contribution in [3.05, 3.63) is 260 Å². The SMILES string of the molecule is CNC(=O)c1ccc(C2=Cc3c(ncnc3N3CCC(C)(c4nc(-c5cccc(OC(F)F)c5)c(C)[nH]4)CC3)C2)cn1.Cc1[nH]c(C2(C)CCN(c3ncnc4c3C=C(c3ccc(C(N)=O)cc3)C4)CC2)nc1-c1ccc(C(F)F)cc1.Cc1[nH]c(C2(C)CCN(c3ncnc4c3C=C(c3ccc(N5CCOCC5)nc3)C4)CC2)nc1-c1ccc(C(F)F)cc1. The lowest BCUT2D eigenvalue weighted by Gasteiger charge is -2.39. The van der Waals surface area contributed by atoms with E-state index in [1.165, 1.54) is 35.9 Å². The summed E-state index contributed by atoms with van der Waals surface area (Å²) in [5.41, 5.74) is 26.0. The Morgan fingerprint density at radius 1 is 0.456 bits per heavy atom. The first kappa shape index (κ1) is 84.0. The lowest BCUT2D eigenvalue weighted by Crippen LogP contribution is -2.42. The van der Waals surface area contributed by atoms with Crippen LogP contribution in [0.1, 0.15) is 189 Å². The summed E-state index contributed by atoms with van der Waals surface area (Å²) in [6, 6.07) is 34.6. The molecule has 30 heteroatoms. The molecule has 2 amide bonds. The number of alkyl halides is 6. The molecule has 4 saturated heterocycles. The molecule has 0 unspecified atom stereocenters. The van der Waals surface area contributed by atoms with Crippen LogP contribution in [-0.2, 0) is 40.2 Å². The molecule has 4 fully saturated rings. The second kappa shape index (κ2) is 35.2. The molecule has 12 aromatic rings. The van der Waals surface area contributed by atoms with Gasteiger partial charge in [-0.3, -0.25) is 14.6 Å². The maximum Gasteiger partial charge on any atom is 0.387 e. The van der Waals surface area contributed by atoms with Gasteiger partial charge in [0.1, 0.15) is 71.2 Å². The van der Waals surface area contributed by atoms with E-state index in [9.17, 15) is 35.9 Å². The molecule has 4 aromatic carbocycles. The average Bonchev–Trinajstić information content (AvgIpc) is 1.59. The van der Waals surface area contributed by atoms with Crippen LogP contribution in [0.3, 0.4) is 0 Å². The number of rotatable bonds is 19. The van der Waals surface area contributed by atoms with Crippen molar-refractivity contribution in [1.29, 1.82) is 0 Å². The molecule has 7 aliphatic rings. The number of hydrogen-bond acceptors (Lipinski definition) is 19. The zero-order valence-electron chi connectivity index (χ0n) is 70.5. The van der Waals surface area contributed by atoms with Gasteiger partial charge in [0.25, 0.3) is 18.8 Å². The third kappa shape index (κ3) is 17.6. The molecule has 642 valence electrons. The Labute approximate surface area is 719 Å². The summed E-state index contributed by atoms with van der Waals surface area (Å²) in [4.78, 5) is 94.7. The Morgan fingerprint density at radius 2 is 0.848 bits per heavy atom. The molecule has 12 heterocycles. The molecule has 3 aliphatic carbocycles. The van der Waals surface area contributed by atoms with Crippen molar-refractivity contribution in [2.75, 3.05) is 92.2 Å². The van der Waals surface area contributed by atoms with Crippen LogP contribution in [0.2, 0.25) is 0 Å². The summed E-state index contributed by atoms with van der Waals surface area (Å²) in [5, 5.41) is 2.59. The van der Waals surface area contributed by atoms with Crippen LogP contribution in [0.4, 0.5) is 49.6 Å². The number of carbonyl (C=O) groups is 2. The molecule has 24 nitrogen and oxygen atoms in total. The van der Waals surface area contributed by atoms with Crippen molar-refractivity contribution < 1.29 is 45.4 Å². The van der Waals surface area contributed by atoms with E-state index < -0.39 is 25.4 Å². The first-order valence-electron chi connectivity index (χ1n) is 42.1. The third-order valence-electron chi connectivity index (χ3n) is 25.5. The predicted octanol–water partition coefficient (Wildman–Crippen LogP) is 17.1. The standard InChI is InChI=1S/C33H35F2N7O.C31H31F2N7O2.C31H30F2N6O/c1-21-29(22-3-5-23(6-4-22)30(34)35)40-32(39-21)33(2)9-11-42(12-10-33)31-26-17-25(18-27(26)37-20-38-31)24-7-8-28(36-19-24)41-13-15-43-16-14-41;1-18-26(19-5-4-6-22(13-19)42-30(32)33)39-29(38-18)31(2)9-11-40(12-10-31)27-23-14-21(15-25(23)36-17-37-27)20-7-8-24(35-16-20)28(41)34-3;1-18-26(20-5-7-21(8-6-20)27(32)33)38-30(37-18)31(2)11-13-39(14-12-31)29-24-15-23(16-25(24)35-17-36-29)19-3-9-22(10-4-19)28(34)40/h3-8,17,19-20,30H,9-16,18H2,1-2H3,(H,39,40);4-8,13-14,16-17,30H,9-12,15H2,1-3H3,(H,34,41)(H,38,39);3-10,15,17,27H,11-14,16H2,1-2H3,(H2,34,40)(H,37,38). The maximum absolute atomic E-state index is 13.0. The summed E-state index contributed by atoms with van der Waals surface area (Å²) in [7, 11) is 1.58. The van der Waals surface area contributed by atoms with Crippen LogP contribution in [0.5, 0.6) is 5.75 Å². The van der Waals surface area contributed by atoms with Crippen LogP contribution in [0, 0.1) is 20.8 Å². The number of H-pyrrole nitrogens is 3. The zero-order valence-corrected chi connectivity index (χ0v) is 70.5. The van der Waals surface area contributed by atoms with Crippen LogP contribution in [0.15, 0.2) is 153 Å². The number of nitrogens with zero attached hydrogens (tertiary/aromatic N) is 15. The average molecular weight is 1700 g/mol. The van der Waals surface area contributed by atoms with E-state index >= 15 is 0 Å². The molecule has 6 N–H and O–H groups in total. The highest BCUT2D eigenvalue weighted by Crippen LogP contribution is 2.46. The second-order valence-corrected chi connectivity index (χ2v) is 33.7. The molecular formula is C95H96F6N20O4. The van der Waals surface area contributed by atoms with E-state index in [1.807, 2.05) is 51.2 Å². The minimum Gasteiger partial charge on any atom is -0.435 e. The van der Waals surface area contributed by atoms with Gasteiger partial charge in [-0.15, -0.1) is 0 Å². The summed E-state index contributed by atoms with van der Waals surface area (Å²) in [6.45, 7) is 17.8. The number of piperidine rings is 3. The fourth-order valence-corrected chi connectivity index (χ4v) is 17.7. The number of halogens is 6. The minimum absolute atomic E-state index is 0.00987. The number of morpholine rings is 1. The van der Waals surface area contributed by atoms with E-state index in [0.29, 0.717) is 24.1 Å². The lowest BCUT2D eigenvalue weighted by molar-refractivity contribution is -0.0498. The van der Waals surface area contributed by atoms with Crippen molar-refractivity contribution in [1.82, 2.24) is 75.1 Å². The van der Waals surface area contributed by atoms with E-state index in [4.69, 9.17) is 35.4 Å². The molecule has 125 heavy (non-hydrogen) atoms. The highest BCUT2D eigenvalue weighted by Gasteiger charge is 2.41. The third-order valence-corrected chi connectivity index (χ3v) is 25.5. The van der Waals surface area contributed by atoms with Crippen molar-refractivity contribution in [3.63, 3.8) is 0 Å². The Balaban J connectivity index is 0.000000133. The van der Waals surface area contributed by atoms with Crippen LogP contribution >= 0.6 is 0 Å². The second-order valence-electron chi connectivity index (χ2n) is 33.7. The Kier molecular flexibility index (Phi) is 23.6. The number of imidazole rings is 3. The van der Waals surface area contributed by atoms with Gasteiger partial charge in [0.05, 0.1) is 47.4 Å². The predicted molar refractivity (Wildman–Crippen MR) is 470 cm³/mol. The molecule has 19 rings (SSSR count). The number of pyridine rings is 2. The molecule has 0 saturated carbocycles. The first-order chi connectivity index (χ1) is 60.3. The summed E-state index contributed by atoms with van der Waals surface area (Å²) < 4.78 is 87.6. The monoisotopic (exact) mass is 1690 g/mol. The Hall–Kier alpha value is -13.3. The van der Waals surface area contributed by atoms with E-state index in [1.54, 1.807) is 86.8 Å². The molecular weight excluding hydrogens is 1600 g/mol. The number of allylic oxidation sites excluding steroid dienone is 3. The van der Waals surface area contributed by atoms with Gasteiger partial charge in [0.2, 0.25) is 5.91 Å². The number of nitrogens with one attached hydrogen (secondary N) is 4. The summed E-state index contributed by atoms with van der Waals surface area (Å²) in [6.07, 6.45) is 17.6. The Morgan fingerprint density at radius 3 is 1.22 bits per heavy atom. The number of anilines is 4. The number of aryl methyl sites for hydroxylation is 3. The molecule has 8 aromatic heterocycles. The van der Waals surface area contributed by atoms with Crippen molar-refractivity contribution in [2.45, 2.75) is 135 Å². The summed E-state index contributed by atoms with van der Waals surface area (Å²) >= 11 is 0. The van der Waals surface area contributed by atoms with Gasteiger partial charge in [-0.1, -0.05) is 99.6 Å². The van der Waals surface area contributed by atoms with E-state index in [2.05, 4.69) is 126 Å². The number of aromatic amines is 3.